The van der Waals surface area contributed by atoms with Crippen LogP contribution >= 0.6 is 0 Å². The van der Waals surface area contributed by atoms with Crippen molar-refractivity contribution in [3.05, 3.63) is 66.1 Å². The van der Waals surface area contributed by atoms with Gasteiger partial charge in [0, 0.05) is 36.0 Å². The standard InChI is InChI=1S/C22H21FN4O2/c23-17-3-1-2-14(10-17)11-20(28)27-18-4-5-19(27)13-16(12-18)22-25-21(26-29-22)15-6-8-24-9-7-15/h1-3,6-10,16,18-19H,4-5,11-13H2. The lowest BCUT2D eigenvalue weighted by atomic mass is 9.90. The monoisotopic (exact) mass is 392 g/mol. The number of aromatic nitrogens is 3. The summed E-state index contributed by atoms with van der Waals surface area (Å²) in [7, 11) is 0. The summed E-state index contributed by atoms with van der Waals surface area (Å²) in [6.07, 6.45) is 7.26. The SMILES string of the molecule is O=C(Cc1cccc(F)c1)N1C2CCC1CC(c1nc(-c3ccncc3)no1)C2. The molecule has 2 aromatic heterocycles. The van der Waals surface area contributed by atoms with Crippen molar-refractivity contribution in [2.45, 2.75) is 50.1 Å². The molecule has 2 atom stereocenters. The van der Waals surface area contributed by atoms with Crippen LogP contribution in [0.3, 0.4) is 0 Å². The molecule has 3 aromatic rings. The van der Waals surface area contributed by atoms with Crippen LogP contribution in [0.1, 0.15) is 43.1 Å². The minimum Gasteiger partial charge on any atom is -0.339 e. The lowest BCUT2D eigenvalue weighted by molar-refractivity contribution is -0.135. The van der Waals surface area contributed by atoms with Crippen molar-refractivity contribution in [1.82, 2.24) is 20.0 Å². The van der Waals surface area contributed by atoms with E-state index in [1.165, 1.54) is 12.1 Å². The highest BCUT2D eigenvalue weighted by Gasteiger charge is 2.44. The molecule has 7 heteroatoms. The average Bonchev–Trinajstić information content (AvgIpc) is 3.32. The molecule has 1 aromatic carbocycles. The summed E-state index contributed by atoms with van der Waals surface area (Å²) in [5.74, 6) is 1.14. The average molecular weight is 392 g/mol. The lowest BCUT2D eigenvalue weighted by Crippen LogP contribution is -2.46. The number of pyridine rings is 1. The first-order valence-electron chi connectivity index (χ1n) is 9.97. The van der Waals surface area contributed by atoms with Crippen LogP contribution in [0.25, 0.3) is 11.4 Å². The number of piperidine rings is 1. The quantitative estimate of drug-likeness (QED) is 0.676. The molecule has 2 bridgehead atoms. The third-order valence-electron chi connectivity index (χ3n) is 5.99. The third kappa shape index (κ3) is 3.52. The van der Waals surface area contributed by atoms with E-state index in [-0.39, 0.29) is 36.1 Å². The van der Waals surface area contributed by atoms with Gasteiger partial charge in [-0.25, -0.2) is 4.39 Å². The summed E-state index contributed by atoms with van der Waals surface area (Å²) in [6.45, 7) is 0. The van der Waals surface area contributed by atoms with Crippen molar-refractivity contribution in [2.75, 3.05) is 0 Å². The molecule has 0 spiro atoms. The summed E-state index contributed by atoms with van der Waals surface area (Å²) >= 11 is 0. The molecule has 0 radical (unpaired) electrons. The van der Waals surface area contributed by atoms with Crippen LogP contribution in [0.5, 0.6) is 0 Å². The van der Waals surface area contributed by atoms with E-state index in [0.29, 0.717) is 11.7 Å². The molecule has 5 rings (SSSR count). The first-order chi connectivity index (χ1) is 14.2. The Bertz CT molecular complexity index is 1010. The number of hydrogen-bond donors (Lipinski definition) is 0. The predicted molar refractivity (Wildman–Crippen MR) is 103 cm³/mol. The van der Waals surface area contributed by atoms with Crippen molar-refractivity contribution in [2.24, 2.45) is 0 Å². The van der Waals surface area contributed by atoms with Crippen LogP contribution in [0.4, 0.5) is 4.39 Å². The van der Waals surface area contributed by atoms with Crippen LogP contribution in [0.15, 0.2) is 53.3 Å². The van der Waals surface area contributed by atoms with Gasteiger partial charge in [-0.15, -0.1) is 0 Å². The highest BCUT2D eigenvalue weighted by atomic mass is 19.1. The Morgan fingerprint density at radius 3 is 2.62 bits per heavy atom. The van der Waals surface area contributed by atoms with Gasteiger partial charge in [-0.1, -0.05) is 17.3 Å². The molecule has 4 heterocycles. The molecule has 1 amide bonds. The van der Waals surface area contributed by atoms with Gasteiger partial charge < -0.3 is 9.42 Å². The second-order valence-corrected chi connectivity index (χ2v) is 7.85. The Morgan fingerprint density at radius 2 is 1.90 bits per heavy atom. The number of fused-ring (bicyclic) bond motifs is 2. The number of benzene rings is 1. The maximum Gasteiger partial charge on any atom is 0.230 e. The molecular weight excluding hydrogens is 371 g/mol. The molecule has 2 aliphatic heterocycles. The smallest absolute Gasteiger partial charge is 0.230 e. The minimum atomic E-state index is -0.307. The van der Waals surface area contributed by atoms with Crippen LogP contribution < -0.4 is 0 Å². The number of carbonyl (C=O) groups excluding carboxylic acids is 1. The fourth-order valence-electron chi connectivity index (χ4n) is 4.72. The fourth-order valence-corrected chi connectivity index (χ4v) is 4.72. The van der Waals surface area contributed by atoms with Gasteiger partial charge in [0.15, 0.2) is 0 Å². The number of nitrogens with zero attached hydrogens (tertiary/aromatic N) is 4. The van der Waals surface area contributed by atoms with Gasteiger partial charge >= 0.3 is 0 Å². The molecule has 29 heavy (non-hydrogen) atoms. The van der Waals surface area contributed by atoms with Gasteiger partial charge in [-0.3, -0.25) is 9.78 Å². The summed E-state index contributed by atoms with van der Waals surface area (Å²) < 4.78 is 19.0. The Hall–Kier alpha value is -3.09. The zero-order valence-electron chi connectivity index (χ0n) is 15.9. The molecule has 2 unspecified atom stereocenters. The van der Waals surface area contributed by atoms with Gasteiger partial charge in [0.05, 0.1) is 6.42 Å². The van der Waals surface area contributed by atoms with Crippen molar-refractivity contribution < 1.29 is 13.7 Å². The normalized spacial score (nSPS) is 23.3. The predicted octanol–water partition coefficient (Wildman–Crippen LogP) is 3.75. The Morgan fingerprint density at radius 1 is 1.14 bits per heavy atom. The van der Waals surface area contributed by atoms with Crippen molar-refractivity contribution >= 4 is 5.91 Å². The summed E-state index contributed by atoms with van der Waals surface area (Å²) in [5, 5.41) is 4.12. The van der Waals surface area contributed by atoms with Gasteiger partial charge in [0.1, 0.15) is 5.82 Å². The van der Waals surface area contributed by atoms with Crippen LogP contribution in [0.2, 0.25) is 0 Å². The summed E-state index contributed by atoms with van der Waals surface area (Å²) in [5.41, 5.74) is 1.59. The van der Waals surface area contributed by atoms with E-state index in [0.717, 1.165) is 36.8 Å². The second kappa shape index (κ2) is 7.39. The highest BCUT2D eigenvalue weighted by Crippen LogP contribution is 2.43. The molecule has 2 saturated heterocycles. The first kappa shape index (κ1) is 18.0. The molecular formula is C22H21FN4O2. The van der Waals surface area contributed by atoms with E-state index >= 15 is 0 Å². The van der Waals surface area contributed by atoms with Crippen molar-refractivity contribution in [1.29, 1.82) is 0 Å². The van der Waals surface area contributed by atoms with Gasteiger partial charge in [0.25, 0.3) is 0 Å². The van der Waals surface area contributed by atoms with E-state index in [4.69, 9.17) is 4.52 Å². The molecule has 6 nitrogen and oxygen atoms in total. The Labute approximate surface area is 167 Å². The largest absolute Gasteiger partial charge is 0.339 e. The molecule has 148 valence electrons. The molecule has 0 aliphatic carbocycles. The number of amides is 1. The topological polar surface area (TPSA) is 72.1 Å². The van der Waals surface area contributed by atoms with E-state index in [1.807, 2.05) is 17.0 Å². The Kier molecular flexibility index (Phi) is 4.58. The summed E-state index contributed by atoms with van der Waals surface area (Å²) in [6, 6.07) is 10.3. The van der Waals surface area contributed by atoms with Crippen molar-refractivity contribution in [3.63, 3.8) is 0 Å². The summed E-state index contributed by atoms with van der Waals surface area (Å²) in [4.78, 5) is 23.5. The number of rotatable bonds is 4. The van der Waals surface area contributed by atoms with E-state index in [1.54, 1.807) is 24.5 Å². The molecule has 2 aliphatic rings. The van der Waals surface area contributed by atoms with Gasteiger partial charge in [-0.2, -0.15) is 4.98 Å². The number of carbonyl (C=O) groups is 1. The van der Waals surface area contributed by atoms with Crippen LogP contribution in [0, 0.1) is 5.82 Å². The van der Waals surface area contributed by atoms with Gasteiger partial charge in [0.2, 0.25) is 17.6 Å². The first-order valence-corrected chi connectivity index (χ1v) is 9.97. The third-order valence-corrected chi connectivity index (χ3v) is 5.99. The molecule has 0 saturated carbocycles. The Balaban J connectivity index is 1.29. The van der Waals surface area contributed by atoms with Crippen LogP contribution in [-0.4, -0.2) is 38.0 Å². The van der Waals surface area contributed by atoms with E-state index < -0.39 is 0 Å². The number of halogens is 1. The fraction of sp³-hybridized carbons (Fsp3) is 0.364. The second-order valence-electron chi connectivity index (χ2n) is 7.85. The zero-order chi connectivity index (χ0) is 19.8. The van der Waals surface area contributed by atoms with E-state index in [9.17, 15) is 9.18 Å². The maximum atomic E-state index is 13.4. The highest BCUT2D eigenvalue weighted by molar-refractivity contribution is 5.80. The minimum absolute atomic E-state index is 0.0737. The molecule has 0 N–H and O–H groups in total. The number of hydrogen-bond acceptors (Lipinski definition) is 5. The zero-order valence-corrected chi connectivity index (χ0v) is 15.9. The van der Waals surface area contributed by atoms with E-state index in [2.05, 4.69) is 15.1 Å². The lowest BCUT2D eigenvalue weighted by Gasteiger charge is -2.38. The maximum absolute atomic E-state index is 13.4. The van der Waals surface area contributed by atoms with Crippen molar-refractivity contribution in [3.8, 4) is 11.4 Å². The molecule has 2 fully saturated rings. The van der Waals surface area contributed by atoms with Gasteiger partial charge in [-0.05, 0) is 55.5 Å². The van der Waals surface area contributed by atoms with Crippen LogP contribution in [-0.2, 0) is 11.2 Å².